The van der Waals surface area contributed by atoms with Crippen molar-refractivity contribution in [3.8, 4) is 0 Å². The SMILES string of the molecule is C=C/C(=C\C(=N)C(C)=N)C(=O)NCCCOCCOCCOCCCNC(=O)Cc1c(C)c2ccc(N)cc2oc1=O. The zero-order valence-corrected chi connectivity index (χ0v) is 24.3. The topological polar surface area (TPSA) is 190 Å². The Morgan fingerprint density at radius 1 is 1.00 bits per heavy atom. The van der Waals surface area contributed by atoms with Gasteiger partial charge in [-0.25, -0.2) is 4.79 Å². The first-order chi connectivity index (χ1) is 20.1. The highest BCUT2D eigenvalue weighted by atomic mass is 16.5. The van der Waals surface area contributed by atoms with Crippen molar-refractivity contribution in [1.29, 1.82) is 10.8 Å². The zero-order valence-electron chi connectivity index (χ0n) is 24.3. The number of hydrogen-bond donors (Lipinski definition) is 5. The summed E-state index contributed by atoms with van der Waals surface area (Å²) < 4.78 is 21.8. The number of amides is 2. The lowest BCUT2D eigenvalue weighted by atomic mass is 10.0. The number of nitrogens with two attached hydrogens (primary N) is 1. The fourth-order valence-corrected chi connectivity index (χ4v) is 3.74. The second-order valence-corrected chi connectivity index (χ2v) is 9.42. The van der Waals surface area contributed by atoms with Crippen molar-refractivity contribution in [2.45, 2.75) is 33.1 Å². The zero-order chi connectivity index (χ0) is 30.9. The van der Waals surface area contributed by atoms with Gasteiger partial charge in [0.2, 0.25) is 5.91 Å². The monoisotopic (exact) mass is 583 g/mol. The van der Waals surface area contributed by atoms with Gasteiger partial charge in [0, 0.05) is 49.0 Å². The number of carbonyl (C=O) groups is 2. The molecule has 12 nitrogen and oxygen atoms in total. The second-order valence-electron chi connectivity index (χ2n) is 9.42. The van der Waals surface area contributed by atoms with Gasteiger partial charge in [-0.2, -0.15) is 0 Å². The van der Waals surface area contributed by atoms with Crippen LogP contribution in [0, 0.1) is 17.7 Å². The number of nitrogen functional groups attached to an aromatic ring is 1. The third kappa shape index (κ3) is 11.8. The Morgan fingerprint density at radius 2 is 1.60 bits per heavy atom. The Morgan fingerprint density at radius 3 is 2.19 bits per heavy atom. The molecule has 1 heterocycles. The average molecular weight is 584 g/mol. The maximum atomic E-state index is 12.3. The molecule has 228 valence electrons. The van der Waals surface area contributed by atoms with E-state index in [0.29, 0.717) is 88.0 Å². The maximum Gasteiger partial charge on any atom is 0.340 e. The van der Waals surface area contributed by atoms with E-state index >= 15 is 0 Å². The number of anilines is 1. The number of carbonyl (C=O) groups excluding carboxylic acids is 2. The van der Waals surface area contributed by atoms with Crippen LogP contribution in [0.4, 0.5) is 5.69 Å². The van der Waals surface area contributed by atoms with Crippen molar-refractivity contribution in [3.63, 3.8) is 0 Å². The molecule has 0 atom stereocenters. The molecule has 1 aromatic heterocycles. The van der Waals surface area contributed by atoms with E-state index in [0.717, 1.165) is 5.39 Å². The lowest BCUT2D eigenvalue weighted by Crippen LogP contribution is -2.29. The molecule has 12 heteroatoms. The smallest absolute Gasteiger partial charge is 0.340 e. The molecule has 0 spiro atoms. The van der Waals surface area contributed by atoms with Crippen LogP contribution in [0.25, 0.3) is 11.0 Å². The first kappa shape index (κ1) is 34.1. The van der Waals surface area contributed by atoms with Gasteiger partial charge in [-0.05, 0) is 50.5 Å². The van der Waals surface area contributed by atoms with Crippen LogP contribution in [0.5, 0.6) is 0 Å². The lowest BCUT2D eigenvalue weighted by molar-refractivity contribution is -0.120. The van der Waals surface area contributed by atoms with E-state index in [-0.39, 0.29) is 35.2 Å². The summed E-state index contributed by atoms with van der Waals surface area (Å²) in [7, 11) is 0. The van der Waals surface area contributed by atoms with Crippen LogP contribution < -0.4 is 22.0 Å². The van der Waals surface area contributed by atoms with E-state index in [9.17, 15) is 14.4 Å². The van der Waals surface area contributed by atoms with Gasteiger partial charge in [0.25, 0.3) is 5.91 Å². The molecular formula is C30H41N5O7. The summed E-state index contributed by atoms with van der Waals surface area (Å²) in [5, 5.41) is 21.3. The summed E-state index contributed by atoms with van der Waals surface area (Å²) in [5.41, 5.74) is 7.42. The summed E-state index contributed by atoms with van der Waals surface area (Å²) in [6, 6.07) is 5.10. The molecule has 2 aromatic rings. The van der Waals surface area contributed by atoms with Crippen LogP contribution in [0.3, 0.4) is 0 Å². The number of fused-ring (bicyclic) bond motifs is 1. The third-order valence-electron chi connectivity index (χ3n) is 6.12. The van der Waals surface area contributed by atoms with E-state index in [1.54, 1.807) is 25.1 Å². The van der Waals surface area contributed by atoms with Crippen molar-refractivity contribution in [2.24, 2.45) is 0 Å². The molecular weight excluding hydrogens is 542 g/mol. The van der Waals surface area contributed by atoms with Crippen molar-refractivity contribution in [3.05, 3.63) is 64.1 Å². The molecule has 42 heavy (non-hydrogen) atoms. The lowest BCUT2D eigenvalue weighted by Gasteiger charge is -2.09. The highest BCUT2D eigenvalue weighted by Crippen LogP contribution is 2.21. The molecule has 0 aliphatic heterocycles. The van der Waals surface area contributed by atoms with Gasteiger partial charge in [-0.1, -0.05) is 12.7 Å². The van der Waals surface area contributed by atoms with E-state index in [1.165, 1.54) is 19.1 Å². The van der Waals surface area contributed by atoms with Crippen LogP contribution in [-0.2, 0) is 30.2 Å². The van der Waals surface area contributed by atoms with Gasteiger partial charge in [-0.3, -0.25) is 15.0 Å². The summed E-state index contributed by atoms with van der Waals surface area (Å²) >= 11 is 0. The normalized spacial score (nSPS) is 11.3. The number of aryl methyl sites for hydroxylation is 1. The molecule has 0 radical (unpaired) electrons. The summed E-state index contributed by atoms with van der Waals surface area (Å²) in [6.07, 6.45) is 3.84. The van der Waals surface area contributed by atoms with Gasteiger partial charge in [-0.15, -0.1) is 0 Å². The van der Waals surface area contributed by atoms with Crippen molar-refractivity contribution in [2.75, 3.05) is 58.5 Å². The summed E-state index contributed by atoms with van der Waals surface area (Å²) in [6.45, 7) is 10.2. The molecule has 6 N–H and O–H groups in total. The van der Waals surface area contributed by atoms with Crippen LogP contribution in [-0.4, -0.2) is 76.0 Å². The molecule has 0 aliphatic rings. The Balaban J connectivity index is 1.46. The fraction of sp³-hybridized carbons (Fsp3) is 0.433. The minimum atomic E-state index is -0.538. The molecule has 0 aliphatic carbocycles. The van der Waals surface area contributed by atoms with Gasteiger partial charge < -0.3 is 40.4 Å². The Labute approximate surface area is 245 Å². The highest BCUT2D eigenvalue weighted by Gasteiger charge is 2.15. The average Bonchev–Trinajstić information content (AvgIpc) is 2.95. The molecule has 1 aromatic carbocycles. The number of benzene rings is 1. The van der Waals surface area contributed by atoms with Crippen molar-refractivity contribution in [1.82, 2.24) is 10.6 Å². The Bertz CT molecular complexity index is 1350. The largest absolute Gasteiger partial charge is 0.422 e. The fourth-order valence-electron chi connectivity index (χ4n) is 3.74. The quantitative estimate of drug-likeness (QED) is 0.0392. The summed E-state index contributed by atoms with van der Waals surface area (Å²) in [4.78, 5) is 36.8. The molecule has 0 saturated carbocycles. The number of hydrogen-bond acceptors (Lipinski definition) is 10. The highest BCUT2D eigenvalue weighted by molar-refractivity contribution is 6.44. The van der Waals surface area contributed by atoms with Gasteiger partial charge in [0.05, 0.1) is 49.8 Å². The maximum absolute atomic E-state index is 12.3. The summed E-state index contributed by atoms with van der Waals surface area (Å²) in [5.74, 6) is -0.613. The van der Waals surface area contributed by atoms with E-state index in [1.807, 2.05) is 0 Å². The van der Waals surface area contributed by atoms with E-state index in [4.69, 9.17) is 35.2 Å². The standard InChI is InChI=1S/C30H41N5O7/c1-4-22(17-26(33)21(3)31)29(37)35-10-6-12-40-14-16-41-15-13-39-11-5-9-34-28(36)19-25-20(2)24-8-7-23(32)18-27(24)42-30(25)38/h4,7-8,17-18,31,33H,1,5-6,9-16,19,32H2,2-3H3,(H,34,36)(H,35,37)/b22-17+,31-21?,33-26?. The molecule has 0 saturated heterocycles. The second kappa shape index (κ2) is 18.3. The molecule has 0 bridgehead atoms. The van der Waals surface area contributed by atoms with Crippen molar-refractivity contribution >= 4 is 39.9 Å². The number of allylic oxidation sites excluding steroid dienone is 1. The van der Waals surface area contributed by atoms with E-state index in [2.05, 4.69) is 17.2 Å². The minimum absolute atomic E-state index is 0.0360. The Kier molecular flexibility index (Phi) is 14.9. The third-order valence-corrected chi connectivity index (χ3v) is 6.12. The van der Waals surface area contributed by atoms with Gasteiger partial charge in [0.15, 0.2) is 0 Å². The van der Waals surface area contributed by atoms with Crippen LogP contribution in [0.2, 0.25) is 0 Å². The number of nitrogens with one attached hydrogen (secondary N) is 4. The van der Waals surface area contributed by atoms with Crippen LogP contribution in [0.1, 0.15) is 30.9 Å². The van der Waals surface area contributed by atoms with Gasteiger partial charge >= 0.3 is 5.63 Å². The number of ether oxygens (including phenoxy) is 3. The first-order valence-corrected chi connectivity index (χ1v) is 13.7. The Hall–Kier alpha value is -4.13. The predicted molar refractivity (Wildman–Crippen MR) is 162 cm³/mol. The molecule has 2 rings (SSSR count). The minimum Gasteiger partial charge on any atom is -0.422 e. The number of rotatable bonds is 20. The predicted octanol–water partition coefficient (Wildman–Crippen LogP) is 2.46. The molecule has 0 fully saturated rings. The molecule has 0 unspecified atom stereocenters. The van der Waals surface area contributed by atoms with Gasteiger partial charge in [0.1, 0.15) is 5.58 Å². The van der Waals surface area contributed by atoms with Crippen LogP contribution in [0.15, 0.2) is 51.7 Å². The van der Waals surface area contributed by atoms with Crippen molar-refractivity contribution < 1.29 is 28.2 Å². The van der Waals surface area contributed by atoms with E-state index < -0.39 is 5.63 Å². The first-order valence-electron chi connectivity index (χ1n) is 13.7. The van der Waals surface area contributed by atoms with Crippen LogP contribution >= 0.6 is 0 Å². The molecule has 2 amide bonds.